The molecule has 2 heterocycles. The van der Waals surface area contributed by atoms with E-state index in [1.165, 1.54) is 28.6 Å². The SMILES string of the molecule is CC1CS(=O)(=O)N(c2ccc(S(=O)(=O)N3C[C@H](C)C[C@H](C)C3)cc2)C1=O. The Hall–Kier alpha value is -1.45. The van der Waals surface area contributed by atoms with Crippen LogP contribution in [0.1, 0.15) is 27.2 Å². The van der Waals surface area contributed by atoms with Gasteiger partial charge < -0.3 is 0 Å². The smallest absolute Gasteiger partial charge is 0.244 e. The molecule has 0 bridgehead atoms. The highest BCUT2D eigenvalue weighted by molar-refractivity contribution is 7.94. The van der Waals surface area contributed by atoms with Gasteiger partial charge in [0.15, 0.2) is 0 Å². The minimum Gasteiger partial charge on any atom is -0.273 e. The van der Waals surface area contributed by atoms with Gasteiger partial charge >= 0.3 is 0 Å². The summed E-state index contributed by atoms with van der Waals surface area (Å²) in [5.41, 5.74) is 0.179. The van der Waals surface area contributed by atoms with Gasteiger partial charge in [0, 0.05) is 13.1 Å². The van der Waals surface area contributed by atoms with E-state index >= 15 is 0 Å². The van der Waals surface area contributed by atoms with Crippen molar-refractivity contribution >= 4 is 31.6 Å². The minimum atomic E-state index is -3.70. The standard InChI is InChI=1S/C17H24N2O5S2/c1-12-8-13(2)10-18(9-12)26(23,24)16-6-4-15(5-7-16)19-17(20)14(3)11-25(19,21)22/h4-7,12-14H,8-11H2,1-3H3/t12-,13+,14?. The van der Waals surface area contributed by atoms with E-state index in [-0.39, 0.29) is 16.3 Å². The molecule has 0 saturated carbocycles. The van der Waals surface area contributed by atoms with Crippen LogP contribution >= 0.6 is 0 Å². The van der Waals surface area contributed by atoms with Crippen LogP contribution < -0.4 is 4.31 Å². The second-order valence-electron chi connectivity index (χ2n) is 7.54. The minimum absolute atomic E-state index is 0.111. The summed E-state index contributed by atoms with van der Waals surface area (Å²) in [5, 5.41) is 0. The zero-order chi connectivity index (χ0) is 19.3. The lowest BCUT2D eigenvalue weighted by Crippen LogP contribution is -2.42. The Morgan fingerprint density at radius 2 is 1.54 bits per heavy atom. The molecule has 1 amide bonds. The van der Waals surface area contributed by atoms with Gasteiger partial charge in [0.1, 0.15) is 0 Å². The summed E-state index contributed by atoms with van der Waals surface area (Å²) in [6, 6.07) is 5.52. The largest absolute Gasteiger partial charge is 0.273 e. The lowest BCUT2D eigenvalue weighted by molar-refractivity contribution is -0.119. The lowest BCUT2D eigenvalue weighted by atomic mass is 9.94. The number of hydrogen-bond donors (Lipinski definition) is 0. The summed E-state index contributed by atoms with van der Waals surface area (Å²) < 4.78 is 52.4. The van der Waals surface area contributed by atoms with Gasteiger partial charge in [-0.1, -0.05) is 20.8 Å². The third-order valence-corrected chi connectivity index (χ3v) is 8.62. The molecule has 9 heteroatoms. The Morgan fingerprint density at radius 1 is 1.00 bits per heavy atom. The van der Waals surface area contributed by atoms with Crippen LogP contribution in [0.15, 0.2) is 29.2 Å². The average molecular weight is 401 g/mol. The van der Waals surface area contributed by atoms with E-state index in [1.54, 1.807) is 6.92 Å². The molecule has 0 N–H and O–H groups in total. The Bertz CT molecular complexity index is 899. The van der Waals surface area contributed by atoms with Gasteiger partial charge in [-0.3, -0.25) is 4.79 Å². The molecule has 7 nitrogen and oxygen atoms in total. The van der Waals surface area contributed by atoms with Crippen LogP contribution in [0.2, 0.25) is 0 Å². The van der Waals surface area contributed by atoms with Crippen molar-refractivity contribution in [3.05, 3.63) is 24.3 Å². The fraction of sp³-hybridized carbons (Fsp3) is 0.588. The molecular formula is C17H24N2O5S2. The second kappa shape index (κ2) is 6.61. The number of amides is 1. The number of hydrogen-bond acceptors (Lipinski definition) is 5. The third kappa shape index (κ3) is 3.39. The van der Waals surface area contributed by atoms with Gasteiger partial charge in [0.2, 0.25) is 26.0 Å². The summed E-state index contributed by atoms with van der Waals surface area (Å²) in [5.74, 6) is -0.725. The maximum Gasteiger partial charge on any atom is 0.244 e. The van der Waals surface area contributed by atoms with E-state index in [9.17, 15) is 21.6 Å². The monoisotopic (exact) mass is 400 g/mol. The predicted molar refractivity (Wildman–Crippen MR) is 98.6 cm³/mol. The van der Waals surface area contributed by atoms with Crippen molar-refractivity contribution in [1.29, 1.82) is 0 Å². The number of piperidine rings is 1. The molecule has 0 aromatic heterocycles. The summed E-state index contributed by atoms with van der Waals surface area (Å²) >= 11 is 0. The third-order valence-electron chi connectivity index (χ3n) is 4.90. The van der Waals surface area contributed by atoms with Crippen molar-refractivity contribution in [1.82, 2.24) is 4.31 Å². The fourth-order valence-electron chi connectivity index (χ4n) is 3.79. The normalized spacial score (nSPS) is 29.9. The van der Waals surface area contributed by atoms with Crippen molar-refractivity contribution in [3.63, 3.8) is 0 Å². The van der Waals surface area contributed by atoms with Crippen LogP contribution in [0, 0.1) is 17.8 Å². The van der Waals surface area contributed by atoms with Crippen molar-refractivity contribution in [2.45, 2.75) is 32.1 Å². The van der Waals surface area contributed by atoms with Gasteiger partial charge in [-0.25, -0.2) is 21.1 Å². The number of carbonyl (C=O) groups is 1. The van der Waals surface area contributed by atoms with Crippen molar-refractivity contribution in [2.24, 2.45) is 17.8 Å². The first kappa shape index (κ1) is 19.3. The number of sulfonamides is 2. The molecule has 2 aliphatic heterocycles. The molecule has 0 spiro atoms. The number of carbonyl (C=O) groups excluding carboxylic acids is 1. The molecule has 26 heavy (non-hydrogen) atoms. The zero-order valence-electron chi connectivity index (χ0n) is 15.1. The Kier molecular flexibility index (Phi) is 4.91. The molecule has 3 atom stereocenters. The molecule has 1 aromatic rings. The Labute approximate surface area is 155 Å². The highest BCUT2D eigenvalue weighted by Crippen LogP contribution is 2.31. The summed E-state index contributed by atoms with van der Waals surface area (Å²) in [6.07, 6.45) is 0.998. The molecular weight excluding hydrogens is 376 g/mol. The van der Waals surface area contributed by atoms with E-state index in [4.69, 9.17) is 0 Å². The first-order valence-corrected chi connectivity index (χ1v) is 11.7. The fourth-order valence-corrected chi connectivity index (χ4v) is 7.29. The van der Waals surface area contributed by atoms with E-state index in [1.807, 2.05) is 13.8 Å². The quantitative estimate of drug-likeness (QED) is 0.770. The summed E-state index contributed by atoms with van der Waals surface area (Å²) in [4.78, 5) is 12.3. The summed E-state index contributed by atoms with van der Waals surface area (Å²) in [6.45, 7) is 6.59. The van der Waals surface area contributed by atoms with Crippen molar-refractivity contribution in [3.8, 4) is 0 Å². The number of benzene rings is 1. The topological polar surface area (TPSA) is 91.8 Å². The van der Waals surface area contributed by atoms with Crippen LogP contribution in [-0.4, -0.2) is 45.9 Å². The van der Waals surface area contributed by atoms with Crippen molar-refractivity contribution in [2.75, 3.05) is 23.1 Å². The van der Waals surface area contributed by atoms with Gasteiger partial charge in [0.05, 0.1) is 22.3 Å². The predicted octanol–water partition coefficient (Wildman–Crippen LogP) is 1.67. The molecule has 0 radical (unpaired) electrons. The highest BCUT2D eigenvalue weighted by atomic mass is 32.2. The Morgan fingerprint density at radius 3 is 2.00 bits per heavy atom. The molecule has 3 rings (SSSR count). The molecule has 2 aliphatic rings. The molecule has 0 aliphatic carbocycles. The van der Waals surface area contributed by atoms with Crippen molar-refractivity contribution < 1.29 is 21.6 Å². The lowest BCUT2D eigenvalue weighted by Gasteiger charge is -2.34. The first-order chi connectivity index (χ1) is 12.0. The molecule has 1 unspecified atom stereocenters. The second-order valence-corrected chi connectivity index (χ2v) is 11.3. The van der Waals surface area contributed by atoms with Crippen LogP contribution in [0.25, 0.3) is 0 Å². The van der Waals surface area contributed by atoms with Crippen LogP contribution in [0.3, 0.4) is 0 Å². The van der Waals surface area contributed by atoms with Gasteiger partial charge in [0.25, 0.3) is 0 Å². The number of anilines is 1. The summed E-state index contributed by atoms with van der Waals surface area (Å²) in [7, 11) is -7.34. The zero-order valence-corrected chi connectivity index (χ0v) is 16.8. The first-order valence-electron chi connectivity index (χ1n) is 8.69. The maximum absolute atomic E-state index is 12.9. The number of rotatable bonds is 3. The Balaban J connectivity index is 1.89. The molecule has 144 valence electrons. The average Bonchev–Trinajstić information content (AvgIpc) is 2.74. The molecule has 2 saturated heterocycles. The number of nitrogens with zero attached hydrogens (tertiary/aromatic N) is 2. The molecule has 2 fully saturated rings. The van der Waals surface area contributed by atoms with Crippen LogP contribution in [0.4, 0.5) is 5.69 Å². The van der Waals surface area contributed by atoms with E-state index in [0.717, 1.165) is 10.7 Å². The van der Waals surface area contributed by atoms with E-state index in [2.05, 4.69) is 0 Å². The van der Waals surface area contributed by atoms with Crippen LogP contribution in [0.5, 0.6) is 0 Å². The highest BCUT2D eigenvalue weighted by Gasteiger charge is 2.42. The van der Waals surface area contributed by atoms with E-state index < -0.39 is 31.9 Å². The molecule has 1 aromatic carbocycles. The van der Waals surface area contributed by atoms with Gasteiger partial charge in [-0.05, 0) is 42.5 Å². The van der Waals surface area contributed by atoms with Crippen LogP contribution in [-0.2, 0) is 24.8 Å². The van der Waals surface area contributed by atoms with E-state index in [0.29, 0.717) is 24.9 Å². The van der Waals surface area contributed by atoms with Gasteiger partial charge in [-0.2, -0.15) is 4.31 Å². The van der Waals surface area contributed by atoms with Gasteiger partial charge in [-0.15, -0.1) is 0 Å². The maximum atomic E-state index is 12.9.